The lowest BCUT2D eigenvalue weighted by Gasteiger charge is -2.24. The molecule has 0 atom stereocenters. The number of aldehydes is 1. The van der Waals surface area contributed by atoms with Crippen LogP contribution in [0.3, 0.4) is 0 Å². The van der Waals surface area contributed by atoms with E-state index in [1.165, 1.54) is 12.3 Å². The Kier molecular flexibility index (Phi) is 5.34. The van der Waals surface area contributed by atoms with Crippen LogP contribution in [0.4, 0.5) is 5.82 Å². The van der Waals surface area contributed by atoms with Crippen molar-refractivity contribution in [2.45, 2.75) is 18.9 Å². The molecule has 0 spiro atoms. The van der Waals surface area contributed by atoms with Gasteiger partial charge in [0.1, 0.15) is 5.82 Å². The minimum Gasteiger partial charge on any atom is -0.404 e. The van der Waals surface area contributed by atoms with Gasteiger partial charge in [-0.1, -0.05) is 6.07 Å². The summed E-state index contributed by atoms with van der Waals surface area (Å²) in [5.74, 6) is 0.803. The summed E-state index contributed by atoms with van der Waals surface area (Å²) in [6.07, 6.45) is 5.64. The number of nitrogens with two attached hydrogens (primary N) is 2. The minimum absolute atomic E-state index is 0.116. The van der Waals surface area contributed by atoms with E-state index in [2.05, 4.69) is 15.6 Å². The zero-order valence-electron chi connectivity index (χ0n) is 11.9. The van der Waals surface area contributed by atoms with Gasteiger partial charge < -0.3 is 22.1 Å². The Balaban J connectivity index is 2.14. The Morgan fingerprint density at radius 2 is 2.14 bits per heavy atom. The lowest BCUT2D eigenvalue weighted by atomic mass is 10.1. The third-order valence-electron chi connectivity index (χ3n) is 3.37. The lowest BCUT2D eigenvalue weighted by Crippen LogP contribution is -2.35. The second kappa shape index (κ2) is 7.44. The first-order valence-corrected chi connectivity index (χ1v) is 7.02. The Hall–Kier alpha value is -2.34. The van der Waals surface area contributed by atoms with Crippen molar-refractivity contribution >= 4 is 17.7 Å². The molecule has 0 aliphatic carbocycles. The zero-order valence-corrected chi connectivity index (χ0v) is 11.9. The average molecular weight is 287 g/mol. The largest absolute Gasteiger partial charge is 0.404 e. The normalized spacial score (nSPS) is 17.5. The summed E-state index contributed by atoms with van der Waals surface area (Å²) in [5.41, 5.74) is 12.5. The minimum atomic E-state index is 0.116. The second-order valence-electron chi connectivity index (χ2n) is 4.96. The predicted molar refractivity (Wildman–Crippen MR) is 84.3 cm³/mol. The van der Waals surface area contributed by atoms with Crippen molar-refractivity contribution in [1.29, 1.82) is 0 Å². The number of rotatable bonds is 5. The van der Waals surface area contributed by atoms with E-state index in [1.54, 1.807) is 0 Å². The van der Waals surface area contributed by atoms with Gasteiger partial charge in [-0.3, -0.25) is 4.79 Å². The highest BCUT2D eigenvalue weighted by molar-refractivity contribution is 5.81. The highest BCUT2D eigenvalue weighted by Crippen LogP contribution is 2.17. The number of hydrogen-bond acceptors (Lipinski definition) is 6. The van der Waals surface area contributed by atoms with Crippen LogP contribution in [0, 0.1) is 0 Å². The summed E-state index contributed by atoms with van der Waals surface area (Å²) < 4.78 is 0. The summed E-state index contributed by atoms with van der Waals surface area (Å²) in [7, 11) is 0. The maximum atomic E-state index is 10.6. The summed E-state index contributed by atoms with van der Waals surface area (Å²) >= 11 is 0. The van der Waals surface area contributed by atoms with E-state index in [-0.39, 0.29) is 5.70 Å². The summed E-state index contributed by atoms with van der Waals surface area (Å²) in [4.78, 5) is 15.1. The zero-order chi connectivity index (χ0) is 15.1. The third kappa shape index (κ3) is 4.32. The Morgan fingerprint density at radius 3 is 2.81 bits per heavy atom. The van der Waals surface area contributed by atoms with E-state index in [0.717, 1.165) is 31.7 Å². The van der Waals surface area contributed by atoms with E-state index >= 15 is 0 Å². The van der Waals surface area contributed by atoms with E-state index in [1.807, 2.05) is 18.2 Å². The summed E-state index contributed by atoms with van der Waals surface area (Å²) in [6.45, 7) is 2.04. The molecule has 2 rings (SSSR count). The van der Waals surface area contributed by atoms with Crippen molar-refractivity contribution in [3.05, 3.63) is 41.9 Å². The number of hydrogen-bond donors (Lipinski definition) is 4. The molecule has 1 saturated heterocycles. The fraction of sp³-hybridized carbons (Fsp3) is 0.333. The molecule has 1 aliphatic heterocycles. The quantitative estimate of drug-likeness (QED) is 0.359. The van der Waals surface area contributed by atoms with Gasteiger partial charge in [0.2, 0.25) is 0 Å². The lowest BCUT2D eigenvalue weighted by molar-refractivity contribution is -0.104. The molecular formula is C15H21N5O. The molecule has 1 aromatic rings. The molecule has 0 radical (unpaired) electrons. The van der Waals surface area contributed by atoms with Crippen molar-refractivity contribution in [2.24, 2.45) is 11.5 Å². The molecule has 0 saturated carbocycles. The van der Waals surface area contributed by atoms with Gasteiger partial charge in [-0.2, -0.15) is 0 Å². The Labute approximate surface area is 124 Å². The van der Waals surface area contributed by atoms with Crippen LogP contribution in [0.1, 0.15) is 18.5 Å². The van der Waals surface area contributed by atoms with Crippen LogP contribution in [0.2, 0.25) is 0 Å². The fourth-order valence-electron chi connectivity index (χ4n) is 2.27. The van der Waals surface area contributed by atoms with Crippen LogP contribution in [-0.2, 0) is 4.79 Å². The van der Waals surface area contributed by atoms with E-state index in [4.69, 9.17) is 11.5 Å². The number of pyridine rings is 1. The molecule has 0 amide bonds. The highest BCUT2D eigenvalue weighted by atomic mass is 16.1. The molecule has 6 nitrogen and oxygen atoms in total. The van der Waals surface area contributed by atoms with Gasteiger partial charge in [0, 0.05) is 17.8 Å². The number of aromatic nitrogens is 1. The fourth-order valence-corrected chi connectivity index (χ4v) is 2.27. The monoisotopic (exact) mass is 287 g/mol. The Morgan fingerprint density at radius 1 is 1.38 bits per heavy atom. The first kappa shape index (κ1) is 15.1. The van der Waals surface area contributed by atoms with Gasteiger partial charge >= 0.3 is 0 Å². The van der Waals surface area contributed by atoms with Crippen LogP contribution in [0.5, 0.6) is 0 Å². The molecule has 1 aromatic heterocycles. The molecule has 1 aliphatic rings. The third-order valence-corrected chi connectivity index (χ3v) is 3.37. The molecule has 21 heavy (non-hydrogen) atoms. The van der Waals surface area contributed by atoms with Crippen molar-refractivity contribution in [2.75, 3.05) is 18.4 Å². The molecule has 0 unspecified atom stereocenters. The van der Waals surface area contributed by atoms with Gasteiger partial charge in [0.05, 0.1) is 11.4 Å². The second-order valence-corrected chi connectivity index (χ2v) is 4.96. The molecule has 1 fully saturated rings. The van der Waals surface area contributed by atoms with Gasteiger partial charge in [-0.15, -0.1) is 0 Å². The molecule has 112 valence electrons. The van der Waals surface area contributed by atoms with Crippen molar-refractivity contribution in [1.82, 2.24) is 10.3 Å². The Bertz CT molecular complexity index is 547. The van der Waals surface area contributed by atoms with Gasteiger partial charge in [0.15, 0.2) is 6.29 Å². The van der Waals surface area contributed by atoms with Gasteiger partial charge in [-0.05, 0) is 44.1 Å². The SMILES string of the molecule is N/C=C(\C=C(\N)C=O)c1cccc(NC2CCNCC2)n1. The number of carbonyl (C=O) groups excluding carboxylic acids is 1. The maximum Gasteiger partial charge on any atom is 0.165 e. The number of nitrogens with one attached hydrogen (secondary N) is 2. The highest BCUT2D eigenvalue weighted by Gasteiger charge is 2.13. The summed E-state index contributed by atoms with van der Waals surface area (Å²) in [6, 6.07) is 6.09. The van der Waals surface area contributed by atoms with Crippen LogP contribution in [-0.4, -0.2) is 30.4 Å². The smallest absolute Gasteiger partial charge is 0.165 e. The molecule has 6 N–H and O–H groups in total. The summed E-state index contributed by atoms with van der Waals surface area (Å²) in [5, 5.41) is 6.75. The maximum absolute atomic E-state index is 10.6. The van der Waals surface area contributed by atoms with Crippen LogP contribution in [0.15, 0.2) is 36.2 Å². The van der Waals surface area contributed by atoms with Crippen LogP contribution in [0.25, 0.3) is 5.57 Å². The standard InChI is InChI=1S/C15H21N5O/c16-9-11(8-12(17)10-21)14-2-1-3-15(20-14)19-13-4-6-18-7-5-13/h1-3,8-10,13,18H,4-7,16-17H2,(H,19,20)/b11-9+,12-8+. The van der Waals surface area contributed by atoms with Gasteiger partial charge in [0.25, 0.3) is 0 Å². The molecule has 2 heterocycles. The number of allylic oxidation sites excluding steroid dienone is 3. The van der Waals surface area contributed by atoms with Crippen molar-refractivity contribution < 1.29 is 4.79 Å². The first-order valence-electron chi connectivity index (χ1n) is 7.02. The van der Waals surface area contributed by atoms with E-state index in [9.17, 15) is 4.79 Å². The number of piperidine rings is 1. The first-order chi connectivity index (χ1) is 10.2. The predicted octanol–water partition coefficient (Wildman–Crippen LogP) is 0.587. The average Bonchev–Trinajstić information content (AvgIpc) is 2.53. The number of anilines is 1. The van der Waals surface area contributed by atoms with Crippen LogP contribution < -0.4 is 22.1 Å². The number of nitrogens with zero attached hydrogens (tertiary/aromatic N) is 1. The van der Waals surface area contributed by atoms with E-state index < -0.39 is 0 Å². The van der Waals surface area contributed by atoms with Crippen molar-refractivity contribution in [3.8, 4) is 0 Å². The van der Waals surface area contributed by atoms with Gasteiger partial charge in [-0.25, -0.2) is 4.98 Å². The molecular weight excluding hydrogens is 266 g/mol. The molecule has 6 heteroatoms. The van der Waals surface area contributed by atoms with E-state index in [0.29, 0.717) is 23.6 Å². The molecule has 0 bridgehead atoms. The topological polar surface area (TPSA) is 106 Å². The van der Waals surface area contributed by atoms with Crippen LogP contribution >= 0.6 is 0 Å². The number of carbonyl (C=O) groups is 1. The molecule has 0 aromatic carbocycles. The van der Waals surface area contributed by atoms with Crippen molar-refractivity contribution in [3.63, 3.8) is 0 Å².